The molecule has 130 valence electrons. The van der Waals surface area contributed by atoms with Crippen molar-refractivity contribution in [1.82, 2.24) is 14.9 Å². The highest BCUT2D eigenvalue weighted by Crippen LogP contribution is 2.18. The van der Waals surface area contributed by atoms with Crippen LogP contribution in [0.25, 0.3) is 0 Å². The van der Waals surface area contributed by atoms with Gasteiger partial charge in [-0.2, -0.15) is 0 Å². The van der Waals surface area contributed by atoms with Crippen LogP contribution in [0.2, 0.25) is 0 Å². The van der Waals surface area contributed by atoms with Crippen LogP contribution in [-0.4, -0.2) is 45.3 Å². The zero-order chi connectivity index (χ0) is 16.3. The maximum Gasteiger partial charge on any atom is 0.242 e. The molecule has 1 saturated heterocycles. The Labute approximate surface area is 144 Å². The van der Waals surface area contributed by atoms with Gasteiger partial charge in [0, 0.05) is 14.1 Å². The third-order valence-electron chi connectivity index (χ3n) is 3.89. The molecule has 0 aromatic heterocycles. The minimum atomic E-state index is -3.42. The van der Waals surface area contributed by atoms with Gasteiger partial charge in [0.25, 0.3) is 0 Å². The lowest BCUT2D eigenvalue weighted by Gasteiger charge is -2.18. The molecule has 1 heterocycles. The zero-order valence-corrected chi connectivity index (χ0v) is 15.2. The van der Waals surface area contributed by atoms with E-state index in [-0.39, 0.29) is 35.3 Å². The first-order chi connectivity index (χ1) is 10.3. The quantitative estimate of drug-likeness (QED) is 0.828. The summed E-state index contributed by atoms with van der Waals surface area (Å²) in [7, 11) is -0.418. The summed E-state index contributed by atoms with van der Waals surface area (Å²) in [5, 5.41) is 6.12. The van der Waals surface area contributed by atoms with Gasteiger partial charge in [0.2, 0.25) is 15.9 Å². The highest BCUT2D eigenvalue weighted by molar-refractivity contribution is 7.89. The smallest absolute Gasteiger partial charge is 0.242 e. The SMILES string of the molecule is CC(NC(=O)C1CCCN1)c1ccc(S(=O)(=O)N(C)C)cc1.Cl. The van der Waals surface area contributed by atoms with E-state index in [1.54, 1.807) is 24.3 Å². The topological polar surface area (TPSA) is 78.5 Å². The van der Waals surface area contributed by atoms with Gasteiger partial charge in [0.05, 0.1) is 17.0 Å². The molecular formula is C15H24ClN3O3S. The lowest BCUT2D eigenvalue weighted by atomic mass is 10.1. The highest BCUT2D eigenvalue weighted by atomic mass is 35.5. The van der Waals surface area contributed by atoms with Gasteiger partial charge >= 0.3 is 0 Å². The summed E-state index contributed by atoms with van der Waals surface area (Å²) in [6.07, 6.45) is 1.88. The number of carbonyl (C=O) groups excluding carboxylic acids is 1. The first kappa shape index (κ1) is 19.9. The largest absolute Gasteiger partial charge is 0.348 e. The second-order valence-corrected chi connectivity index (χ2v) is 7.89. The van der Waals surface area contributed by atoms with Crippen molar-refractivity contribution in [2.24, 2.45) is 0 Å². The molecule has 0 bridgehead atoms. The monoisotopic (exact) mass is 361 g/mol. The summed E-state index contributed by atoms with van der Waals surface area (Å²) < 4.78 is 25.2. The van der Waals surface area contributed by atoms with Gasteiger partial charge < -0.3 is 10.6 Å². The van der Waals surface area contributed by atoms with Gasteiger partial charge in [0.15, 0.2) is 0 Å². The minimum Gasteiger partial charge on any atom is -0.348 e. The second-order valence-electron chi connectivity index (χ2n) is 5.74. The number of halogens is 1. The van der Waals surface area contributed by atoms with E-state index in [0.29, 0.717) is 0 Å². The molecule has 1 fully saturated rings. The van der Waals surface area contributed by atoms with Crippen molar-refractivity contribution in [2.45, 2.75) is 36.7 Å². The molecule has 1 amide bonds. The summed E-state index contributed by atoms with van der Waals surface area (Å²) >= 11 is 0. The maximum absolute atomic E-state index is 12.1. The predicted octanol–water partition coefficient (Wildman–Crippen LogP) is 1.29. The Bertz CT molecular complexity index is 626. The van der Waals surface area contributed by atoms with Gasteiger partial charge in [-0.15, -0.1) is 12.4 Å². The van der Waals surface area contributed by atoms with E-state index in [1.807, 2.05) is 6.92 Å². The molecule has 1 aromatic carbocycles. The Kier molecular flexibility index (Phi) is 7.01. The van der Waals surface area contributed by atoms with Crippen LogP contribution >= 0.6 is 12.4 Å². The fourth-order valence-electron chi connectivity index (χ4n) is 2.44. The van der Waals surface area contributed by atoms with Crippen LogP contribution < -0.4 is 10.6 Å². The number of hydrogen-bond donors (Lipinski definition) is 2. The summed E-state index contributed by atoms with van der Waals surface area (Å²) in [5.74, 6) is -0.00464. The Morgan fingerprint density at radius 3 is 2.39 bits per heavy atom. The van der Waals surface area contributed by atoms with Crippen molar-refractivity contribution in [1.29, 1.82) is 0 Å². The Morgan fingerprint density at radius 2 is 1.91 bits per heavy atom. The number of nitrogens with zero attached hydrogens (tertiary/aromatic N) is 1. The molecule has 1 aliphatic rings. The summed E-state index contributed by atoms with van der Waals surface area (Å²) in [6.45, 7) is 2.77. The fourth-order valence-corrected chi connectivity index (χ4v) is 3.35. The molecule has 6 nitrogen and oxygen atoms in total. The normalized spacial score (nSPS) is 19.2. The summed E-state index contributed by atoms with van der Waals surface area (Å²) in [5.41, 5.74) is 0.879. The van der Waals surface area contributed by atoms with Gasteiger partial charge in [-0.05, 0) is 44.0 Å². The molecule has 1 aliphatic heterocycles. The second kappa shape index (κ2) is 8.10. The van der Waals surface area contributed by atoms with Crippen molar-refractivity contribution < 1.29 is 13.2 Å². The molecule has 2 unspecified atom stereocenters. The Balaban J connectivity index is 0.00000264. The third-order valence-corrected chi connectivity index (χ3v) is 5.72. The molecule has 0 aliphatic carbocycles. The minimum absolute atomic E-state index is 0. The first-order valence-corrected chi connectivity index (χ1v) is 8.82. The number of hydrogen-bond acceptors (Lipinski definition) is 4. The summed E-state index contributed by atoms with van der Waals surface area (Å²) in [4.78, 5) is 12.3. The standard InChI is InChI=1S/C15H23N3O3S.ClH/c1-11(17-15(19)14-5-4-10-16-14)12-6-8-13(9-7-12)22(20,21)18(2)3;/h6-9,11,14,16H,4-5,10H2,1-3H3,(H,17,19);1H. The van der Waals surface area contributed by atoms with Crippen LogP contribution in [-0.2, 0) is 14.8 Å². The van der Waals surface area contributed by atoms with Crippen molar-refractivity contribution in [3.8, 4) is 0 Å². The van der Waals surface area contributed by atoms with Crippen molar-refractivity contribution in [3.63, 3.8) is 0 Å². The van der Waals surface area contributed by atoms with Gasteiger partial charge in [-0.3, -0.25) is 4.79 Å². The van der Waals surface area contributed by atoms with E-state index in [9.17, 15) is 13.2 Å². The molecule has 0 spiro atoms. The van der Waals surface area contributed by atoms with E-state index < -0.39 is 10.0 Å². The number of benzene rings is 1. The molecule has 8 heteroatoms. The Hall–Kier alpha value is -1.15. The fraction of sp³-hybridized carbons (Fsp3) is 0.533. The maximum atomic E-state index is 12.1. The molecule has 2 atom stereocenters. The van der Waals surface area contributed by atoms with E-state index in [4.69, 9.17) is 0 Å². The van der Waals surface area contributed by atoms with E-state index in [1.165, 1.54) is 18.4 Å². The lowest BCUT2D eigenvalue weighted by Crippen LogP contribution is -2.41. The summed E-state index contributed by atoms with van der Waals surface area (Å²) in [6, 6.07) is 6.34. The van der Waals surface area contributed by atoms with Crippen LogP contribution in [0.5, 0.6) is 0 Å². The number of amides is 1. The van der Waals surface area contributed by atoms with Crippen molar-refractivity contribution in [2.75, 3.05) is 20.6 Å². The van der Waals surface area contributed by atoms with Crippen LogP contribution in [0.4, 0.5) is 0 Å². The number of rotatable bonds is 5. The van der Waals surface area contributed by atoms with Gasteiger partial charge in [-0.1, -0.05) is 12.1 Å². The molecule has 2 N–H and O–H groups in total. The molecule has 23 heavy (non-hydrogen) atoms. The van der Waals surface area contributed by atoms with E-state index in [0.717, 1.165) is 24.9 Å². The van der Waals surface area contributed by atoms with Crippen LogP contribution in [0.3, 0.4) is 0 Å². The highest BCUT2D eigenvalue weighted by Gasteiger charge is 2.23. The van der Waals surface area contributed by atoms with Crippen molar-refractivity contribution in [3.05, 3.63) is 29.8 Å². The molecule has 1 aromatic rings. The third kappa shape index (κ3) is 4.67. The molecule has 0 saturated carbocycles. The van der Waals surface area contributed by atoms with Crippen molar-refractivity contribution >= 4 is 28.3 Å². The van der Waals surface area contributed by atoms with E-state index in [2.05, 4.69) is 10.6 Å². The first-order valence-electron chi connectivity index (χ1n) is 7.38. The lowest BCUT2D eigenvalue weighted by molar-refractivity contribution is -0.123. The molecule has 2 rings (SSSR count). The number of nitrogens with one attached hydrogen (secondary N) is 2. The average molecular weight is 362 g/mol. The van der Waals surface area contributed by atoms with Gasteiger partial charge in [0.1, 0.15) is 0 Å². The van der Waals surface area contributed by atoms with Crippen LogP contribution in [0.1, 0.15) is 31.4 Å². The zero-order valence-electron chi connectivity index (χ0n) is 13.6. The van der Waals surface area contributed by atoms with Crippen LogP contribution in [0, 0.1) is 0 Å². The Morgan fingerprint density at radius 1 is 1.30 bits per heavy atom. The van der Waals surface area contributed by atoms with E-state index >= 15 is 0 Å². The number of carbonyl (C=O) groups is 1. The average Bonchev–Trinajstić information content (AvgIpc) is 3.01. The van der Waals surface area contributed by atoms with Crippen LogP contribution in [0.15, 0.2) is 29.2 Å². The predicted molar refractivity (Wildman–Crippen MR) is 92.1 cm³/mol. The number of sulfonamides is 1. The molecular weight excluding hydrogens is 338 g/mol. The van der Waals surface area contributed by atoms with Gasteiger partial charge in [-0.25, -0.2) is 12.7 Å². The molecule has 0 radical (unpaired) electrons.